The number of aromatic amines is 2. The minimum Gasteiger partial charge on any atom is -0.365 e. The van der Waals surface area contributed by atoms with E-state index in [2.05, 4.69) is 48.6 Å². The maximum absolute atomic E-state index is 5.26. The van der Waals surface area contributed by atoms with Crippen LogP contribution >= 0.6 is 0 Å². The van der Waals surface area contributed by atoms with Gasteiger partial charge >= 0.3 is 0 Å². The van der Waals surface area contributed by atoms with Crippen molar-refractivity contribution in [3.05, 3.63) is 65.3 Å². The van der Waals surface area contributed by atoms with Gasteiger partial charge in [-0.05, 0) is 82.5 Å². The third-order valence-corrected chi connectivity index (χ3v) is 6.94. The van der Waals surface area contributed by atoms with E-state index < -0.39 is 0 Å². The second kappa shape index (κ2) is 9.88. The van der Waals surface area contributed by atoms with Gasteiger partial charge in [0.2, 0.25) is 0 Å². The van der Waals surface area contributed by atoms with Crippen LogP contribution in [0.1, 0.15) is 54.3 Å². The predicted molar refractivity (Wildman–Crippen MR) is 124 cm³/mol. The number of nitrogens with one attached hydrogen (secondary N) is 2. The molecule has 5 heterocycles. The van der Waals surface area contributed by atoms with Gasteiger partial charge in [-0.3, -0.25) is 4.90 Å². The molecule has 0 atom stereocenters. The summed E-state index contributed by atoms with van der Waals surface area (Å²) < 4.78 is 2.57. The molecule has 0 aromatic carbocycles. The number of likely N-dealkylation sites (tertiary alicyclic amines) is 2. The molecule has 31 heavy (non-hydrogen) atoms. The molecule has 6 nitrogen and oxygen atoms in total. The van der Waals surface area contributed by atoms with E-state index in [1.165, 1.54) is 80.5 Å². The van der Waals surface area contributed by atoms with Crippen LogP contribution in [0.2, 0.25) is 0 Å². The molecule has 3 aromatic rings. The fraction of sp³-hybridized carbons (Fsp3) is 0.560. The minimum absolute atomic E-state index is 0.894. The summed E-state index contributed by atoms with van der Waals surface area (Å²) in [6.45, 7) is 7.09. The van der Waals surface area contributed by atoms with Crippen LogP contribution in [0.4, 0.5) is 0 Å². The van der Waals surface area contributed by atoms with Crippen LogP contribution in [0.25, 0.3) is 0 Å². The van der Waals surface area contributed by atoms with E-state index in [9.17, 15) is 0 Å². The van der Waals surface area contributed by atoms with E-state index in [0.29, 0.717) is 0 Å². The molecule has 5 rings (SSSR count). The van der Waals surface area contributed by atoms with Crippen molar-refractivity contribution >= 4 is 0 Å². The molecule has 2 aliphatic heterocycles. The van der Waals surface area contributed by atoms with Crippen LogP contribution in [0.15, 0.2) is 36.7 Å². The number of hydrogen-bond donors (Lipinski definition) is 2. The SMILES string of the molecule is c1c[nH]c(CCc2nc(Cc3ccc[nH]3)c(CCN3CCCC3)n2CN2CCCC2)c1. The molecule has 0 aliphatic carbocycles. The van der Waals surface area contributed by atoms with E-state index in [0.717, 1.165) is 38.9 Å². The maximum Gasteiger partial charge on any atom is 0.110 e. The molecule has 6 heteroatoms. The van der Waals surface area contributed by atoms with Crippen LogP contribution in [-0.2, 0) is 32.4 Å². The van der Waals surface area contributed by atoms with Crippen LogP contribution in [-0.4, -0.2) is 62.0 Å². The summed E-state index contributed by atoms with van der Waals surface area (Å²) in [5, 5.41) is 0. The molecule has 2 saturated heterocycles. The fourth-order valence-electron chi connectivity index (χ4n) is 5.19. The van der Waals surface area contributed by atoms with Gasteiger partial charge in [-0.2, -0.15) is 0 Å². The number of H-pyrrole nitrogens is 2. The number of aromatic nitrogens is 4. The van der Waals surface area contributed by atoms with Crippen molar-refractivity contribution in [1.29, 1.82) is 0 Å². The van der Waals surface area contributed by atoms with Crippen molar-refractivity contribution in [3.63, 3.8) is 0 Å². The van der Waals surface area contributed by atoms with Gasteiger partial charge in [0, 0.05) is 55.3 Å². The second-order valence-corrected chi connectivity index (χ2v) is 9.18. The summed E-state index contributed by atoms with van der Waals surface area (Å²) in [5.41, 5.74) is 5.27. The van der Waals surface area contributed by atoms with E-state index in [1.54, 1.807) is 0 Å². The molecule has 0 spiro atoms. The van der Waals surface area contributed by atoms with Gasteiger partial charge < -0.3 is 19.4 Å². The Balaban J connectivity index is 1.43. The van der Waals surface area contributed by atoms with Gasteiger partial charge in [-0.1, -0.05) is 0 Å². The molecule has 0 saturated carbocycles. The summed E-state index contributed by atoms with van der Waals surface area (Å²) in [6, 6.07) is 8.54. The number of aryl methyl sites for hydroxylation is 2. The number of imidazole rings is 1. The summed E-state index contributed by atoms with van der Waals surface area (Å²) in [4.78, 5) is 17.2. The Kier molecular flexibility index (Phi) is 6.56. The molecule has 0 amide bonds. The third kappa shape index (κ3) is 5.13. The lowest BCUT2D eigenvalue weighted by Gasteiger charge is -2.21. The number of nitrogens with zero attached hydrogens (tertiary/aromatic N) is 4. The number of hydrogen-bond acceptors (Lipinski definition) is 3. The highest BCUT2D eigenvalue weighted by Gasteiger charge is 2.22. The lowest BCUT2D eigenvalue weighted by molar-refractivity contribution is 0.259. The zero-order valence-electron chi connectivity index (χ0n) is 18.7. The van der Waals surface area contributed by atoms with Crippen molar-refractivity contribution in [1.82, 2.24) is 29.3 Å². The first-order valence-electron chi connectivity index (χ1n) is 12.1. The zero-order chi connectivity index (χ0) is 20.9. The fourth-order valence-corrected chi connectivity index (χ4v) is 5.19. The van der Waals surface area contributed by atoms with Gasteiger partial charge in [0.05, 0.1) is 12.4 Å². The first-order valence-corrected chi connectivity index (χ1v) is 12.1. The summed E-state index contributed by atoms with van der Waals surface area (Å²) in [6.07, 6.45) is 13.4. The second-order valence-electron chi connectivity index (χ2n) is 9.18. The first-order chi connectivity index (χ1) is 15.3. The van der Waals surface area contributed by atoms with Crippen LogP contribution in [0.3, 0.4) is 0 Å². The largest absolute Gasteiger partial charge is 0.365 e. The molecule has 0 bridgehead atoms. The maximum atomic E-state index is 5.26. The summed E-state index contributed by atoms with van der Waals surface area (Å²) >= 11 is 0. The van der Waals surface area contributed by atoms with E-state index >= 15 is 0 Å². The molecule has 2 aliphatic rings. The van der Waals surface area contributed by atoms with Crippen LogP contribution in [0.5, 0.6) is 0 Å². The number of rotatable bonds is 10. The highest BCUT2D eigenvalue weighted by Crippen LogP contribution is 2.21. The third-order valence-electron chi connectivity index (χ3n) is 6.94. The zero-order valence-corrected chi connectivity index (χ0v) is 18.7. The molecule has 0 radical (unpaired) electrons. The molecule has 2 N–H and O–H groups in total. The lowest BCUT2D eigenvalue weighted by Crippen LogP contribution is -2.28. The average molecular weight is 421 g/mol. The van der Waals surface area contributed by atoms with Crippen LogP contribution in [0, 0.1) is 0 Å². The highest BCUT2D eigenvalue weighted by molar-refractivity contribution is 5.24. The Hall–Kier alpha value is -2.31. The van der Waals surface area contributed by atoms with Crippen molar-refractivity contribution in [3.8, 4) is 0 Å². The van der Waals surface area contributed by atoms with Crippen molar-refractivity contribution < 1.29 is 0 Å². The first kappa shape index (κ1) is 20.6. The highest BCUT2D eigenvalue weighted by atomic mass is 15.3. The van der Waals surface area contributed by atoms with Gasteiger partial charge in [-0.25, -0.2) is 4.98 Å². The quantitative estimate of drug-likeness (QED) is 0.527. The normalized spacial score (nSPS) is 17.8. The summed E-state index contributed by atoms with van der Waals surface area (Å²) in [5.74, 6) is 1.25. The average Bonchev–Trinajstić information content (AvgIpc) is 3.59. The van der Waals surface area contributed by atoms with E-state index in [4.69, 9.17) is 4.98 Å². The lowest BCUT2D eigenvalue weighted by atomic mass is 10.1. The monoisotopic (exact) mass is 420 g/mol. The van der Waals surface area contributed by atoms with Crippen molar-refractivity contribution in [2.75, 3.05) is 32.7 Å². The van der Waals surface area contributed by atoms with Crippen molar-refractivity contribution in [2.24, 2.45) is 0 Å². The van der Waals surface area contributed by atoms with Gasteiger partial charge in [0.25, 0.3) is 0 Å². The Morgan fingerprint density at radius 1 is 0.774 bits per heavy atom. The van der Waals surface area contributed by atoms with E-state index in [-0.39, 0.29) is 0 Å². The Labute approximate surface area is 185 Å². The topological polar surface area (TPSA) is 55.9 Å². The smallest absolute Gasteiger partial charge is 0.110 e. The Bertz CT molecular complexity index is 912. The van der Waals surface area contributed by atoms with Gasteiger partial charge in [-0.15, -0.1) is 0 Å². The molecule has 3 aromatic heterocycles. The van der Waals surface area contributed by atoms with Crippen molar-refractivity contribution in [2.45, 2.75) is 58.0 Å². The Morgan fingerprint density at radius 3 is 2.13 bits per heavy atom. The molecule has 2 fully saturated rings. The Morgan fingerprint density at radius 2 is 1.45 bits per heavy atom. The van der Waals surface area contributed by atoms with Crippen LogP contribution < -0.4 is 0 Å². The summed E-state index contributed by atoms with van der Waals surface area (Å²) in [7, 11) is 0. The van der Waals surface area contributed by atoms with Gasteiger partial charge in [0.1, 0.15) is 5.82 Å². The predicted octanol–water partition coefficient (Wildman–Crippen LogP) is 3.61. The molecule has 166 valence electrons. The van der Waals surface area contributed by atoms with Gasteiger partial charge in [0.15, 0.2) is 0 Å². The minimum atomic E-state index is 0.894. The van der Waals surface area contributed by atoms with E-state index in [1.807, 2.05) is 12.4 Å². The molecular formula is C25H36N6. The standard InChI is InChI=1S/C25H36N6/c1-2-15-29(14-1)18-11-24-23(19-22-8-6-13-27-22)28-25(10-9-21-7-5-12-26-21)31(24)20-30-16-3-4-17-30/h5-8,12-13,26-27H,1-4,9-11,14-20H2. The molecule has 0 unspecified atom stereocenters. The molecular weight excluding hydrogens is 384 g/mol.